The van der Waals surface area contributed by atoms with Crippen LogP contribution in [0.4, 0.5) is 0 Å². The molecule has 0 bridgehead atoms. The van der Waals surface area contributed by atoms with Gasteiger partial charge in [-0.05, 0) is 80.4 Å². The quantitative estimate of drug-likeness (QED) is 0.188. The molecule has 9 aromatic carbocycles. The average Bonchev–Trinajstić information content (AvgIpc) is 3.53. The molecule has 50 heavy (non-hydrogen) atoms. The number of benzene rings is 9. The van der Waals surface area contributed by atoms with Crippen molar-refractivity contribution in [1.82, 2.24) is 4.57 Å². The zero-order chi connectivity index (χ0) is 32.8. The minimum atomic E-state index is 0.902. The van der Waals surface area contributed by atoms with Gasteiger partial charge in [0, 0.05) is 38.2 Å². The lowest BCUT2D eigenvalue weighted by Crippen LogP contribution is -1.97. The maximum absolute atomic E-state index is 6.38. The van der Waals surface area contributed by atoms with Crippen molar-refractivity contribution in [3.8, 4) is 50.6 Å². The molecule has 0 N–H and O–H groups in total. The van der Waals surface area contributed by atoms with Crippen molar-refractivity contribution in [2.24, 2.45) is 0 Å². The van der Waals surface area contributed by atoms with E-state index >= 15 is 0 Å². The lowest BCUT2D eigenvalue weighted by Gasteiger charge is -2.22. The maximum atomic E-state index is 6.38. The molecule has 0 radical (unpaired) electrons. The Balaban J connectivity index is 1.10. The molecule has 1 aliphatic heterocycles. The van der Waals surface area contributed by atoms with Crippen LogP contribution < -0.4 is 4.74 Å². The minimum absolute atomic E-state index is 0.902. The van der Waals surface area contributed by atoms with E-state index in [9.17, 15) is 0 Å². The summed E-state index contributed by atoms with van der Waals surface area (Å²) < 4.78 is 8.85. The summed E-state index contributed by atoms with van der Waals surface area (Å²) in [7, 11) is 0. The third-order valence-electron chi connectivity index (χ3n) is 10.6. The second-order valence-electron chi connectivity index (χ2n) is 13.3. The van der Waals surface area contributed by atoms with Crippen molar-refractivity contribution in [2.75, 3.05) is 0 Å². The van der Waals surface area contributed by atoms with Crippen LogP contribution in [0.3, 0.4) is 0 Å². The molecule has 0 fully saturated rings. The Morgan fingerprint density at radius 2 is 1.00 bits per heavy atom. The summed E-state index contributed by atoms with van der Waals surface area (Å²) in [6, 6.07) is 63.8. The van der Waals surface area contributed by atoms with Gasteiger partial charge in [-0.25, -0.2) is 0 Å². The Labute approximate surface area is 289 Å². The van der Waals surface area contributed by atoms with Gasteiger partial charge >= 0.3 is 0 Å². The third-order valence-corrected chi connectivity index (χ3v) is 10.6. The summed E-state index contributed by atoms with van der Waals surface area (Å²) >= 11 is 0. The fraction of sp³-hybridized carbons (Fsp3) is 0. The number of ether oxygens (including phenoxy) is 1. The van der Waals surface area contributed by atoms with Gasteiger partial charge in [-0.15, -0.1) is 0 Å². The monoisotopic (exact) mass is 635 g/mol. The highest BCUT2D eigenvalue weighted by Crippen LogP contribution is 2.48. The molecular weight excluding hydrogens is 607 g/mol. The number of aromatic nitrogens is 1. The Morgan fingerprint density at radius 1 is 0.340 bits per heavy atom. The van der Waals surface area contributed by atoms with E-state index in [1.807, 2.05) is 0 Å². The van der Waals surface area contributed by atoms with Gasteiger partial charge in [0.05, 0.1) is 11.0 Å². The molecule has 2 nitrogen and oxygen atoms in total. The van der Waals surface area contributed by atoms with Crippen molar-refractivity contribution in [1.29, 1.82) is 0 Å². The van der Waals surface area contributed by atoms with Crippen LogP contribution in [0.2, 0.25) is 0 Å². The first-order chi connectivity index (χ1) is 24.8. The van der Waals surface area contributed by atoms with Crippen LogP contribution in [0.25, 0.3) is 93.2 Å². The van der Waals surface area contributed by atoms with E-state index in [4.69, 9.17) is 4.74 Å². The molecule has 2 heteroatoms. The van der Waals surface area contributed by atoms with Crippen LogP contribution in [0.5, 0.6) is 11.5 Å². The smallest absolute Gasteiger partial charge is 0.135 e. The standard InChI is InChI=1S/C48H29NO/c1-2-13-35(14-3-1)49-47-36-15-5-4-10-31(36)24-26-40(47)43-29-41(37-16-6-7-17-39(37)48(43)49)32-22-20-30(21-23-32)34-25-27-44-42(28-34)38-18-8-11-33-12-9-19-45(50-44)46(33)38/h1-29H. The molecule has 0 unspecified atom stereocenters. The van der Waals surface area contributed by atoms with Gasteiger partial charge in [0.25, 0.3) is 0 Å². The molecule has 0 saturated heterocycles. The first kappa shape index (κ1) is 27.3. The van der Waals surface area contributed by atoms with Crippen molar-refractivity contribution in [3.05, 3.63) is 176 Å². The van der Waals surface area contributed by atoms with E-state index in [1.165, 1.54) is 87.6 Å². The molecule has 0 saturated carbocycles. The summed E-state index contributed by atoms with van der Waals surface area (Å²) in [6.45, 7) is 0. The highest BCUT2D eigenvalue weighted by molar-refractivity contribution is 6.26. The van der Waals surface area contributed by atoms with Crippen molar-refractivity contribution >= 4 is 54.1 Å². The Morgan fingerprint density at radius 3 is 1.86 bits per heavy atom. The second-order valence-corrected chi connectivity index (χ2v) is 13.3. The lowest BCUT2D eigenvalue weighted by molar-refractivity contribution is 0.487. The number of hydrogen-bond acceptors (Lipinski definition) is 1. The van der Waals surface area contributed by atoms with Crippen molar-refractivity contribution in [2.45, 2.75) is 0 Å². The van der Waals surface area contributed by atoms with Crippen LogP contribution in [-0.4, -0.2) is 4.57 Å². The highest BCUT2D eigenvalue weighted by atomic mass is 16.5. The number of nitrogens with zero attached hydrogens (tertiary/aromatic N) is 1. The van der Waals surface area contributed by atoms with E-state index < -0.39 is 0 Å². The number of para-hydroxylation sites is 1. The van der Waals surface area contributed by atoms with Crippen molar-refractivity contribution in [3.63, 3.8) is 0 Å². The molecule has 0 atom stereocenters. The number of rotatable bonds is 3. The molecule has 0 spiro atoms. The molecule has 232 valence electrons. The first-order valence-corrected chi connectivity index (χ1v) is 17.2. The summed E-state index contributed by atoms with van der Waals surface area (Å²) in [6.07, 6.45) is 0. The maximum Gasteiger partial charge on any atom is 0.135 e. The Hall–Kier alpha value is -6.64. The topological polar surface area (TPSA) is 14.2 Å². The summed E-state index contributed by atoms with van der Waals surface area (Å²) in [5, 5.41) is 9.90. The van der Waals surface area contributed by atoms with Crippen LogP contribution in [-0.2, 0) is 0 Å². The SMILES string of the molecule is c1ccc(-n2c3c4ccccc4ccc3c3cc(-c4ccc(-c5ccc6c(c5)-c5cccc7cccc(c57)O6)cc4)c4ccccc4c32)cc1. The summed E-state index contributed by atoms with van der Waals surface area (Å²) in [4.78, 5) is 0. The fourth-order valence-electron chi connectivity index (χ4n) is 8.29. The van der Waals surface area contributed by atoms with Crippen LogP contribution in [0.15, 0.2) is 176 Å². The summed E-state index contributed by atoms with van der Waals surface area (Å²) in [5.74, 6) is 1.82. The van der Waals surface area contributed by atoms with Crippen LogP contribution in [0.1, 0.15) is 0 Å². The van der Waals surface area contributed by atoms with Crippen LogP contribution >= 0.6 is 0 Å². The van der Waals surface area contributed by atoms with Gasteiger partial charge in [-0.1, -0.05) is 140 Å². The third kappa shape index (κ3) is 3.90. The molecule has 10 aromatic rings. The van der Waals surface area contributed by atoms with E-state index in [2.05, 4.69) is 180 Å². The lowest BCUT2D eigenvalue weighted by atomic mass is 9.91. The minimum Gasteiger partial charge on any atom is -0.456 e. The van der Waals surface area contributed by atoms with Crippen molar-refractivity contribution < 1.29 is 4.74 Å². The fourth-order valence-corrected chi connectivity index (χ4v) is 8.29. The normalized spacial score (nSPS) is 12.2. The highest BCUT2D eigenvalue weighted by Gasteiger charge is 2.22. The van der Waals surface area contributed by atoms with Gasteiger partial charge < -0.3 is 9.30 Å². The van der Waals surface area contributed by atoms with E-state index in [1.54, 1.807) is 0 Å². The van der Waals surface area contributed by atoms with Gasteiger partial charge in [0.15, 0.2) is 0 Å². The summed E-state index contributed by atoms with van der Waals surface area (Å²) in [5.41, 5.74) is 10.8. The largest absolute Gasteiger partial charge is 0.456 e. The zero-order valence-electron chi connectivity index (χ0n) is 27.1. The first-order valence-electron chi connectivity index (χ1n) is 17.2. The molecule has 11 rings (SSSR count). The molecule has 1 aliphatic rings. The van der Waals surface area contributed by atoms with E-state index in [-0.39, 0.29) is 0 Å². The number of hydrogen-bond donors (Lipinski definition) is 0. The van der Waals surface area contributed by atoms with E-state index in [0.29, 0.717) is 0 Å². The predicted octanol–water partition coefficient (Wildman–Crippen LogP) is 13.3. The number of fused-ring (bicyclic) bond motifs is 9. The van der Waals surface area contributed by atoms with Gasteiger partial charge in [0.2, 0.25) is 0 Å². The van der Waals surface area contributed by atoms with Gasteiger partial charge in [-0.3, -0.25) is 0 Å². The zero-order valence-corrected chi connectivity index (χ0v) is 27.1. The molecule has 0 amide bonds. The van der Waals surface area contributed by atoms with Gasteiger partial charge in [-0.2, -0.15) is 0 Å². The molecular formula is C48H29NO. The average molecular weight is 636 g/mol. The molecule has 0 aliphatic carbocycles. The second kappa shape index (κ2) is 10.4. The van der Waals surface area contributed by atoms with E-state index in [0.717, 1.165) is 17.1 Å². The molecule has 2 heterocycles. The Kier molecular flexibility index (Phi) is 5.70. The van der Waals surface area contributed by atoms with Gasteiger partial charge in [0.1, 0.15) is 11.5 Å². The molecule has 1 aromatic heterocycles. The predicted molar refractivity (Wildman–Crippen MR) is 210 cm³/mol. The van der Waals surface area contributed by atoms with Crippen LogP contribution in [0, 0.1) is 0 Å². The Bertz CT molecular complexity index is 2980.